The summed E-state index contributed by atoms with van der Waals surface area (Å²) in [7, 11) is 0. The average Bonchev–Trinajstić information content (AvgIpc) is 3.05. The molecule has 1 aromatic heterocycles. The third-order valence-electron chi connectivity index (χ3n) is 3.04. The number of nitrogens with one attached hydrogen (secondary N) is 1. The Morgan fingerprint density at radius 2 is 2.04 bits per heavy atom. The number of hydrogen-bond acceptors (Lipinski definition) is 6. The van der Waals surface area contributed by atoms with Gasteiger partial charge in [0.2, 0.25) is 0 Å². The minimum Gasteiger partial charge on any atom is -0.479 e. The summed E-state index contributed by atoms with van der Waals surface area (Å²) in [6, 6.07) is 12.5. The largest absolute Gasteiger partial charge is 0.479 e. The Bertz CT molecular complexity index is 737. The zero-order valence-electron chi connectivity index (χ0n) is 13.0. The maximum Gasteiger partial charge on any atom is 0.347 e. The van der Waals surface area contributed by atoms with Crippen LogP contribution in [-0.2, 0) is 14.3 Å². The molecule has 1 aromatic carbocycles. The van der Waals surface area contributed by atoms with Crippen LogP contribution in [-0.4, -0.2) is 24.6 Å². The fourth-order valence-electron chi connectivity index (χ4n) is 1.85. The maximum absolute atomic E-state index is 12.0. The van der Waals surface area contributed by atoms with Gasteiger partial charge in [0.15, 0.2) is 12.7 Å². The molecule has 7 heteroatoms. The zero-order chi connectivity index (χ0) is 17.4. The van der Waals surface area contributed by atoms with E-state index >= 15 is 0 Å². The van der Waals surface area contributed by atoms with E-state index in [-0.39, 0.29) is 0 Å². The molecule has 1 atom stereocenters. The quantitative estimate of drug-likeness (QED) is 0.780. The van der Waals surface area contributed by atoms with E-state index in [1.54, 1.807) is 42.6 Å². The SMILES string of the molecule is CC[C@H](Oc1ccccc1)C(=O)OCC(=O)Nc1sccc1C#N. The fraction of sp³-hybridized carbons (Fsp3) is 0.235. The lowest BCUT2D eigenvalue weighted by atomic mass is 10.2. The van der Waals surface area contributed by atoms with Crippen molar-refractivity contribution in [2.75, 3.05) is 11.9 Å². The van der Waals surface area contributed by atoms with E-state index < -0.39 is 24.6 Å². The van der Waals surface area contributed by atoms with Gasteiger partial charge >= 0.3 is 5.97 Å². The summed E-state index contributed by atoms with van der Waals surface area (Å²) in [5.74, 6) is -0.553. The average molecular weight is 344 g/mol. The molecule has 2 rings (SSSR count). The highest BCUT2D eigenvalue weighted by molar-refractivity contribution is 7.14. The molecular formula is C17H16N2O4S. The summed E-state index contributed by atoms with van der Waals surface area (Å²) in [5.41, 5.74) is 0.374. The number of hydrogen-bond donors (Lipinski definition) is 1. The molecule has 24 heavy (non-hydrogen) atoms. The van der Waals surface area contributed by atoms with Crippen molar-refractivity contribution in [1.29, 1.82) is 5.26 Å². The van der Waals surface area contributed by atoms with Crippen molar-refractivity contribution < 1.29 is 19.1 Å². The minimum atomic E-state index is -0.781. The molecule has 6 nitrogen and oxygen atoms in total. The van der Waals surface area contributed by atoms with Crippen LogP contribution in [0.4, 0.5) is 5.00 Å². The molecule has 124 valence electrons. The van der Waals surface area contributed by atoms with E-state index in [2.05, 4.69) is 5.32 Å². The smallest absolute Gasteiger partial charge is 0.347 e. The van der Waals surface area contributed by atoms with Gasteiger partial charge in [-0.3, -0.25) is 4.79 Å². The third-order valence-corrected chi connectivity index (χ3v) is 3.87. The number of anilines is 1. The predicted octanol–water partition coefficient (Wildman–Crippen LogP) is 2.96. The Labute approximate surface area is 143 Å². The van der Waals surface area contributed by atoms with Crippen molar-refractivity contribution in [3.05, 3.63) is 47.3 Å². The molecule has 1 N–H and O–H groups in total. The highest BCUT2D eigenvalue weighted by atomic mass is 32.1. The number of carbonyl (C=O) groups is 2. The van der Waals surface area contributed by atoms with Gasteiger partial charge in [-0.1, -0.05) is 25.1 Å². The van der Waals surface area contributed by atoms with Crippen LogP contribution in [0.3, 0.4) is 0 Å². The molecule has 1 heterocycles. The number of esters is 1. The number of nitriles is 1. The molecule has 0 saturated heterocycles. The van der Waals surface area contributed by atoms with Crippen LogP contribution in [0.5, 0.6) is 5.75 Å². The fourth-order valence-corrected chi connectivity index (χ4v) is 2.60. The zero-order valence-corrected chi connectivity index (χ0v) is 13.8. The summed E-state index contributed by atoms with van der Waals surface area (Å²) in [4.78, 5) is 23.9. The van der Waals surface area contributed by atoms with Crippen LogP contribution < -0.4 is 10.1 Å². The topological polar surface area (TPSA) is 88.4 Å². The van der Waals surface area contributed by atoms with Crippen molar-refractivity contribution in [2.24, 2.45) is 0 Å². The first-order chi connectivity index (χ1) is 11.6. The monoisotopic (exact) mass is 344 g/mol. The van der Waals surface area contributed by atoms with Gasteiger partial charge in [0.05, 0.1) is 5.56 Å². The van der Waals surface area contributed by atoms with Gasteiger partial charge in [-0.25, -0.2) is 4.79 Å². The van der Waals surface area contributed by atoms with E-state index in [1.165, 1.54) is 11.3 Å². The molecule has 1 amide bonds. The molecule has 0 aliphatic rings. The molecule has 0 radical (unpaired) electrons. The molecule has 2 aromatic rings. The van der Waals surface area contributed by atoms with Crippen LogP contribution in [0.2, 0.25) is 0 Å². The van der Waals surface area contributed by atoms with Crippen molar-refractivity contribution in [2.45, 2.75) is 19.4 Å². The Hall–Kier alpha value is -2.85. The lowest BCUT2D eigenvalue weighted by Gasteiger charge is -2.16. The summed E-state index contributed by atoms with van der Waals surface area (Å²) in [6.07, 6.45) is -0.365. The van der Waals surface area contributed by atoms with Crippen LogP contribution in [0.15, 0.2) is 41.8 Å². The second kappa shape index (κ2) is 8.70. The number of carbonyl (C=O) groups excluding carboxylic acids is 2. The molecule has 0 spiro atoms. The molecule has 0 unspecified atom stereocenters. The molecule has 0 aliphatic heterocycles. The summed E-state index contributed by atoms with van der Waals surface area (Å²) in [6.45, 7) is 1.36. The minimum absolute atomic E-state index is 0.374. The van der Waals surface area contributed by atoms with Gasteiger partial charge in [0.25, 0.3) is 5.91 Å². The lowest BCUT2D eigenvalue weighted by Crippen LogP contribution is -2.31. The number of amides is 1. The first kappa shape index (κ1) is 17.5. The second-order valence-corrected chi connectivity index (χ2v) is 5.68. The maximum atomic E-state index is 12.0. The van der Waals surface area contributed by atoms with Gasteiger partial charge < -0.3 is 14.8 Å². The highest BCUT2D eigenvalue weighted by Crippen LogP contribution is 2.21. The first-order valence-corrected chi connectivity index (χ1v) is 8.17. The molecule has 0 aliphatic carbocycles. The number of nitrogens with zero attached hydrogens (tertiary/aromatic N) is 1. The van der Waals surface area contributed by atoms with Crippen LogP contribution in [0.25, 0.3) is 0 Å². The molecule has 0 bridgehead atoms. The number of thiophene rings is 1. The summed E-state index contributed by atoms with van der Waals surface area (Å²) >= 11 is 1.23. The number of para-hydroxylation sites is 1. The Morgan fingerprint density at radius 1 is 1.29 bits per heavy atom. The number of benzene rings is 1. The standard InChI is InChI=1S/C17H16N2O4S/c1-2-14(23-13-6-4-3-5-7-13)17(21)22-11-15(20)19-16-12(10-18)8-9-24-16/h3-9,14H,2,11H2,1H3,(H,19,20)/t14-/m0/s1. The van der Waals surface area contributed by atoms with Crippen molar-refractivity contribution in [1.82, 2.24) is 0 Å². The van der Waals surface area contributed by atoms with Crippen LogP contribution in [0.1, 0.15) is 18.9 Å². The van der Waals surface area contributed by atoms with Crippen LogP contribution in [0, 0.1) is 11.3 Å². The van der Waals surface area contributed by atoms with E-state index in [4.69, 9.17) is 14.7 Å². The number of ether oxygens (including phenoxy) is 2. The van der Waals surface area contributed by atoms with E-state index in [9.17, 15) is 9.59 Å². The van der Waals surface area contributed by atoms with E-state index in [1.807, 2.05) is 12.1 Å². The third kappa shape index (κ3) is 4.83. The van der Waals surface area contributed by atoms with Gasteiger partial charge in [-0.05, 0) is 30.0 Å². The Balaban J connectivity index is 1.84. The van der Waals surface area contributed by atoms with Gasteiger partial charge in [0, 0.05) is 0 Å². The predicted molar refractivity (Wildman–Crippen MR) is 89.8 cm³/mol. The summed E-state index contributed by atoms with van der Waals surface area (Å²) < 4.78 is 10.5. The second-order valence-electron chi connectivity index (χ2n) is 4.76. The van der Waals surface area contributed by atoms with Crippen LogP contribution >= 0.6 is 11.3 Å². The van der Waals surface area contributed by atoms with Crippen molar-refractivity contribution >= 4 is 28.2 Å². The summed E-state index contributed by atoms with van der Waals surface area (Å²) in [5, 5.41) is 13.6. The van der Waals surface area contributed by atoms with E-state index in [0.717, 1.165) is 0 Å². The first-order valence-electron chi connectivity index (χ1n) is 7.29. The highest BCUT2D eigenvalue weighted by Gasteiger charge is 2.21. The molecule has 0 saturated carbocycles. The Morgan fingerprint density at radius 3 is 2.71 bits per heavy atom. The van der Waals surface area contributed by atoms with Gasteiger partial charge in [-0.15, -0.1) is 11.3 Å². The lowest BCUT2D eigenvalue weighted by molar-refractivity contribution is -0.154. The van der Waals surface area contributed by atoms with Gasteiger partial charge in [-0.2, -0.15) is 5.26 Å². The van der Waals surface area contributed by atoms with Crippen molar-refractivity contribution in [3.63, 3.8) is 0 Å². The van der Waals surface area contributed by atoms with Gasteiger partial charge in [0.1, 0.15) is 16.8 Å². The molecule has 0 fully saturated rings. The number of rotatable bonds is 7. The Kier molecular flexibility index (Phi) is 6.34. The molecular weight excluding hydrogens is 328 g/mol. The normalized spacial score (nSPS) is 11.2. The van der Waals surface area contributed by atoms with E-state index in [0.29, 0.717) is 22.7 Å². The van der Waals surface area contributed by atoms with Crippen molar-refractivity contribution in [3.8, 4) is 11.8 Å².